The minimum Gasteiger partial charge on any atom is -0.466 e. The summed E-state index contributed by atoms with van der Waals surface area (Å²) in [5.74, 6) is 0.587. The molecule has 3 rings (SSSR count). The highest BCUT2D eigenvalue weighted by Crippen LogP contribution is 2.36. The minimum absolute atomic E-state index is 0.0469. The lowest BCUT2D eigenvalue weighted by Crippen LogP contribution is -2.32. The maximum absolute atomic E-state index is 11.2. The summed E-state index contributed by atoms with van der Waals surface area (Å²) >= 11 is 0. The van der Waals surface area contributed by atoms with Crippen molar-refractivity contribution in [3.8, 4) is 5.75 Å². The molecule has 1 aromatic heterocycles. The molecule has 0 aliphatic carbocycles. The van der Waals surface area contributed by atoms with Gasteiger partial charge in [-0.1, -0.05) is 6.07 Å². The molecule has 1 aromatic carbocycles. The third-order valence-electron chi connectivity index (χ3n) is 3.40. The van der Waals surface area contributed by atoms with Crippen LogP contribution in [0, 0.1) is 17.0 Å². The van der Waals surface area contributed by atoms with Crippen LogP contribution in [0.3, 0.4) is 0 Å². The average Bonchev–Trinajstić information content (AvgIpc) is 2.45. The van der Waals surface area contributed by atoms with Crippen LogP contribution in [-0.2, 0) is 0 Å². The first-order valence-electron chi connectivity index (χ1n) is 6.87. The standard InChI is InChI=1S/C16H15N3O3/c1-10-8-14-11(9-13(10)19(20)21)15(18-16(2,3)22-14)12-6-4-5-7-17-12/h4-9H,1-3H3. The predicted molar refractivity (Wildman–Crippen MR) is 82.4 cm³/mol. The summed E-state index contributed by atoms with van der Waals surface area (Å²) in [6.07, 6.45) is 1.67. The molecule has 1 aliphatic rings. The quantitative estimate of drug-likeness (QED) is 0.629. The molecule has 112 valence electrons. The molecule has 0 saturated heterocycles. The summed E-state index contributed by atoms with van der Waals surface area (Å²) in [6.45, 7) is 5.38. The van der Waals surface area contributed by atoms with Crippen molar-refractivity contribution in [3.05, 3.63) is 63.5 Å². The fourth-order valence-corrected chi connectivity index (χ4v) is 2.46. The summed E-state index contributed by atoms with van der Waals surface area (Å²) in [6, 6.07) is 8.69. The Hall–Kier alpha value is -2.76. The van der Waals surface area contributed by atoms with Gasteiger partial charge in [0.15, 0.2) is 5.72 Å². The van der Waals surface area contributed by atoms with Gasteiger partial charge in [-0.15, -0.1) is 0 Å². The van der Waals surface area contributed by atoms with Gasteiger partial charge in [-0.2, -0.15) is 0 Å². The lowest BCUT2D eigenvalue weighted by Gasteiger charge is -2.30. The summed E-state index contributed by atoms with van der Waals surface area (Å²) in [7, 11) is 0. The van der Waals surface area contributed by atoms with Crippen molar-refractivity contribution in [1.82, 2.24) is 4.98 Å². The van der Waals surface area contributed by atoms with E-state index in [-0.39, 0.29) is 5.69 Å². The van der Waals surface area contributed by atoms with E-state index in [0.717, 1.165) is 0 Å². The monoisotopic (exact) mass is 297 g/mol. The number of nitrogens with zero attached hydrogens (tertiary/aromatic N) is 3. The first-order chi connectivity index (χ1) is 10.4. The highest BCUT2D eigenvalue weighted by Gasteiger charge is 2.31. The number of benzene rings is 1. The van der Waals surface area contributed by atoms with E-state index in [1.165, 1.54) is 6.07 Å². The van der Waals surface area contributed by atoms with Gasteiger partial charge in [0.1, 0.15) is 5.75 Å². The fourth-order valence-electron chi connectivity index (χ4n) is 2.46. The van der Waals surface area contributed by atoms with E-state index in [9.17, 15) is 10.1 Å². The van der Waals surface area contributed by atoms with Crippen molar-refractivity contribution in [2.24, 2.45) is 4.99 Å². The molecule has 0 amide bonds. The number of aryl methyl sites for hydroxylation is 1. The number of pyridine rings is 1. The summed E-state index contributed by atoms with van der Waals surface area (Å²) in [5, 5.41) is 11.2. The molecule has 22 heavy (non-hydrogen) atoms. The molecular weight excluding hydrogens is 282 g/mol. The van der Waals surface area contributed by atoms with Crippen molar-refractivity contribution in [3.63, 3.8) is 0 Å². The number of nitro groups is 1. The molecule has 1 aliphatic heterocycles. The molecule has 6 heteroatoms. The van der Waals surface area contributed by atoms with E-state index in [1.54, 1.807) is 19.2 Å². The Bertz CT molecular complexity index is 783. The Morgan fingerprint density at radius 3 is 2.68 bits per heavy atom. The van der Waals surface area contributed by atoms with E-state index < -0.39 is 10.6 Å². The normalized spacial score (nSPS) is 15.5. The van der Waals surface area contributed by atoms with Crippen LogP contribution in [-0.4, -0.2) is 21.3 Å². The third kappa shape index (κ3) is 2.43. The number of nitro benzene ring substituents is 1. The minimum atomic E-state index is -0.748. The molecule has 2 heterocycles. The molecule has 0 radical (unpaired) electrons. The zero-order chi connectivity index (χ0) is 15.9. The number of aliphatic imine (C=N–C) groups is 1. The molecule has 0 N–H and O–H groups in total. The van der Waals surface area contributed by atoms with Crippen LogP contribution < -0.4 is 4.74 Å². The van der Waals surface area contributed by atoms with Gasteiger partial charge in [-0.25, -0.2) is 4.99 Å². The van der Waals surface area contributed by atoms with Crippen molar-refractivity contribution >= 4 is 11.4 Å². The number of fused-ring (bicyclic) bond motifs is 1. The van der Waals surface area contributed by atoms with Gasteiger partial charge < -0.3 is 4.74 Å². The van der Waals surface area contributed by atoms with E-state index >= 15 is 0 Å². The van der Waals surface area contributed by atoms with Gasteiger partial charge in [0, 0.05) is 17.8 Å². The van der Waals surface area contributed by atoms with E-state index in [4.69, 9.17) is 4.74 Å². The largest absolute Gasteiger partial charge is 0.466 e. The molecule has 6 nitrogen and oxygen atoms in total. The predicted octanol–water partition coefficient (Wildman–Crippen LogP) is 3.26. The molecule has 0 fully saturated rings. The van der Waals surface area contributed by atoms with Crippen molar-refractivity contribution < 1.29 is 9.66 Å². The SMILES string of the molecule is Cc1cc2c(cc1[N+](=O)[O-])C(c1ccccn1)=NC(C)(C)O2. The topological polar surface area (TPSA) is 77.6 Å². The van der Waals surface area contributed by atoms with Crippen molar-refractivity contribution in [2.45, 2.75) is 26.5 Å². The Labute approximate surface area is 127 Å². The Morgan fingerprint density at radius 1 is 1.27 bits per heavy atom. The molecule has 2 aromatic rings. The van der Waals surface area contributed by atoms with Crippen LogP contribution in [0.4, 0.5) is 5.69 Å². The number of hydrogen-bond acceptors (Lipinski definition) is 5. The maximum atomic E-state index is 11.2. The van der Waals surface area contributed by atoms with Crippen LogP contribution in [0.2, 0.25) is 0 Å². The Balaban J connectivity index is 2.25. The van der Waals surface area contributed by atoms with Crippen LogP contribution >= 0.6 is 0 Å². The van der Waals surface area contributed by atoms with E-state index in [1.807, 2.05) is 32.0 Å². The zero-order valence-electron chi connectivity index (χ0n) is 12.5. The van der Waals surface area contributed by atoms with Crippen LogP contribution in [0.25, 0.3) is 0 Å². The molecule has 0 saturated carbocycles. The van der Waals surface area contributed by atoms with Gasteiger partial charge in [0.05, 0.1) is 21.9 Å². The van der Waals surface area contributed by atoms with Gasteiger partial charge in [0.2, 0.25) is 0 Å². The molecule has 0 atom stereocenters. The molecular formula is C16H15N3O3. The number of hydrogen-bond donors (Lipinski definition) is 0. The first-order valence-corrected chi connectivity index (χ1v) is 6.87. The second-order valence-corrected chi connectivity index (χ2v) is 5.62. The zero-order valence-corrected chi connectivity index (χ0v) is 12.5. The van der Waals surface area contributed by atoms with Gasteiger partial charge in [-0.3, -0.25) is 15.1 Å². The maximum Gasteiger partial charge on any atom is 0.273 e. The second-order valence-electron chi connectivity index (χ2n) is 5.62. The number of aromatic nitrogens is 1. The third-order valence-corrected chi connectivity index (χ3v) is 3.40. The van der Waals surface area contributed by atoms with Gasteiger partial charge in [-0.05, 0) is 39.0 Å². The number of ether oxygens (including phenoxy) is 1. The second kappa shape index (κ2) is 4.91. The highest BCUT2D eigenvalue weighted by molar-refractivity contribution is 6.14. The van der Waals surface area contributed by atoms with Crippen LogP contribution in [0.15, 0.2) is 41.5 Å². The smallest absolute Gasteiger partial charge is 0.273 e. The first kappa shape index (κ1) is 14.2. The van der Waals surface area contributed by atoms with Gasteiger partial charge in [0.25, 0.3) is 5.69 Å². The van der Waals surface area contributed by atoms with Crippen LogP contribution in [0.5, 0.6) is 5.75 Å². The lowest BCUT2D eigenvalue weighted by molar-refractivity contribution is -0.385. The van der Waals surface area contributed by atoms with Crippen molar-refractivity contribution in [1.29, 1.82) is 0 Å². The summed E-state index contributed by atoms with van der Waals surface area (Å²) in [4.78, 5) is 19.7. The molecule has 0 unspecified atom stereocenters. The Kier molecular flexibility index (Phi) is 3.16. The Morgan fingerprint density at radius 2 is 2.05 bits per heavy atom. The fraction of sp³-hybridized carbons (Fsp3) is 0.250. The average molecular weight is 297 g/mol. The van der Waals surface area contributed by atoms with E-state index in [0.29, 0.717) is 28.3 Å². The highest BCUT2D eigenvalue weighted by atomic mass is 16.6. The summed E-state index contributed by atoms with van der Waals surface area (Å²) in [5.41, 5.74) is 1.72. The summed E-state index contributed by atoms with van der Waals surface area (Å²) < 4.78 is 5.85. The lowest BCUT2D eigenvalue weighted by atomic mass is 9.99. The number of rotatable bonds is 2. The van der Waals surface area contributed by atoms with E-state index in [2.05, 4.69) is 9.98 Å². The van der Waals surface area contributed by atoms with Crippen molar-refractivity contribution in [2.75, 3.05) is 0 Å². The molecule has 0 spiro atoms. The van der Waals surface area contributed by atoms with Crippen LogP contribution in [0.1, 0.15) is 30.7 Å². The van der Waals surface area contributed by atoms with Gasteiger partial charge >= 0.3 is 0 Å². The molecule has 0 bridgehead atoms.